The average Bonchev–Trinajstić information content (AvgIpc) is 3.24. The fourth-order valence-electron chi connectivity index (χ4n) is 3.96. The van der Waals surface area contributed by atoms with Crippen molar-refractivity contribution in [1.29, 1.82) is 0 Å². The molecule has 2 aromatic heterocycles. The highest BCUT2D eigenvalue weighted by atomic mass is 32.2. The largest absolute Gasteiger partial charge is 0.395 e. The average molecular weight is 553 g/mol. The fraction of sp³-hybridized carbons (Fsp3) is 0.348. The molecule has 0 radical (unpaired) electrons. The van der Waals surface area contributed by atoms with E-state index in [9.17, 15) is 22.0 Å². The van der Waals surface area contributed by atoms with Gasteiger partial charge in [0.25, 0.3) is 0 Å². The third-order valence-corrected chi connectivity index (χ3v) is 8.90. The van der Waals surface area contributed by atoms with E-state index < -0.39 is 33.0 Å². The first kappa shape index (κ1) is 26.9. The number of rotatable bonds is 9. The molecule has 3 heterocycles. The van der Waals surface area contributed by atoms with Gasteiger partial charge in [0, 0.05) is 38.9 Å². The van der Waals surface area contributed by atoms with Crippen LogP contribution in [0.15, 0.2) is 41.4 Å². The van der Waals surface area contributed by atoms with E-state index >= 15 is 0 Å². The van der Waals surface area contributed by atoms with Gasteiger partial charge in [0.15, 0.2) is 5.13 Å². The lowest BCUT2D eigenvalue weighted by Crippen LogP contribution is -2.42. The number of aliphatic hydroxyl groups is 1. The van der Waals surface area contributed by atoms with Crippen LogP contribution in [0.25, 0.3) is 0 Å². The minimum Gasteiger partial charge on any atom is -0.395 e. The van der Waals surface area contributed by atoms with Gasteiger partial charge in [0.2, 0.25) is 15.8 Å². The van der Waals surface area contributed by atoms with Crippen molar-refractivity contribution in [2.75, 3.05) is 49.2 Å². The van der Waals surface area contributed by atoms with Gasteiger partial charge in [-0.25, -0.2) is 27.2 Å². The topological polar surface area (TPSA) is 142 Å². The highest BCUT2D eigenvalue weighted by molar-refractivity contribution is 7.89. The lowest BCUT2D eigenvalue weighted by atomic mass is 10.1. The van der Waals surface area contributed by atoms with Crippen molar-refractivity contribution in [3.05, 3.63) is 58.6 Å². The van der Waals surface area contributed by atoms with E-state index in [4.69, 9.17) is 10.8 Å². The van der Waals surface area contributed by atoms with Gasteiger partial charge < -0.3 is 21.1 Å². The molecular weight excluding hydrogens is 526 g/mol. The van der Waals surface area contributed by atoms with Crippen molar-refractivity contribution >= 4 is 43.9 Å². The Labute approximate surface area is 216 Å². The van der Waals surface area contributed by atoms with Crippen LogP contribution >= 0.6 is 11.3 Å². The Morgan fingerprint density at radius 2 is 1.92 bits per heavy atom. The number of ketones is 1. The second kappa shape index (κ2) is 11.0. The van der Waals surface area contributed by atoms with Gasteiger partial charge >= 0.3 is 0 Å². The predicted molar refractivity (Wildman–Crippen MR) is 136 cm³/mol. The number of carbonyl (C=O) groups is 1. The number of likely N-dealkylation sites (N-methyl/N-ethyl adjacent to an activating group) is 1. The summed E-state index contributed by atoms with van der Waals surface area (Å²) in [7, 11) is -1.99. The van der Waals surface area contributed by atoms with Crippen molar-refractivity contribution in [1.82, 2.24) is 14.3 Å². The van der Waals surface area contributed by atoms with E-state index in [-0.39, 0.29) is 41.3 Å². The van der Waals surface area contributed by atoms with E-state index in [1.165, 1.54) is 22.6 Å². The summed E-state index contributed by atoms with van der Waals surface area (Å²) >= 11 is 0.894. The summed E-state index contributed by atoms with van der Waals surface area (Å²) < 4.78 is 55.6. The summed E-state index contributed by atoms with van der Waals surface area (Å²) in [6, 6.07) is 6.10. The predicted octanol–water partition coefficient (Wildman–Crippen LogP) is 2.32. The summed E-state index contributed by atoms with van der Waals surface area (Å²) in [5, 5.41) is 12.5. The number of sulfonamides is 1. The molecule has 10 nitrogen and oxygen atoms in total. The first-order valence-electron chi connectivity index (χ1n) is 11.4. The quantitative estimate of drug-likeness (QED) is 0.341. The lowest BCUT2D eigenvalue weighted by Gasteiger charge is -2.31. The summed E-state index contributed by atoms with van der Waals surface area (Å²) in [5.74, 6) is -2.44. The van der Waals surface area contributed by atoms with Crippen molar-refractivity contribution in [3.8, 4) is 0 Å². The van der Waals surface area contributed by atoms with E-state index in [1.807, 2.05) is 0 Å². The standard InChI is InChI=1S/C23H26F2N6O4S2/c1-30(11-12-32)18-6-5-15(13-27-18)37(34,35)31-9-7-14(8-10-31)28-23-29-22(26)21(36-23)20(33)19-16(24)3-2-4-17(19)25/h2-6,13-14,32H,7-12,26H2,1H3,(H,28,29). The molecule has 0 atom stereocenters. The van der Waals surface area contributed by atoms with Crippen LogP contribution in [-0.2, 0) is 10.0 Å². The van der Waals surface area contributed by atoms with E-state index in [0.717, 1.165) is 23.5 Å². The Bertz CT molecular complexity index is 1360. The molecule has 4 N–H and O–H groups in total. The molecule has 0 amide bonds. The number of carbonyl (C=O) groups excluding carboxylic acids is 1. The Balaban J connectivity index is 1.39. The minimum atomic E-state index is -3.74. The monoisotopic (exact) mass is 552 g/mol. The van der Waals surface area contributed by atoms with Crippen LogP contribution in [0.2, 0.25) is 0 Å². The number of anilines is 3. The molecule has 37 heavy (non-hydrogen) atoms. The molecule has 1 aliphatic heterocycles. The van der Waals surface area contributed by atoms with Gasteiger partial charge in [-0.3, -0.25) is 4.79 Å². The number of thiazole rings is 1. The number of piperidine rings is 1. The number of pyridine rings is 1. The van der Waals surface area contributed by atoms with Gasteiger partial charge in [0.1, 0.15) is 33.0 Å². The molecule has 198 valence electrons. The summed E-state index contributed by atoms with van der Waals surface area (Å²) in [4.78, 5) is 22.7. The Kier molecular flexibility index (Phi) is 8.02. The first-order valence-corrected chi connectivity index (χ1v) is 13.7. The van der Waals surface area contributed by atoms with Crippen molar-refractivity contribution in [3.63, 3.8) is 0 Å². The zero-order valence-electron chi connectivity index (χ0n) is 19.9. The molecule has 3 aromatic rings. The maximum atomic E-state index is 14.0. The number of nitrogens with one attached hydrogen (secondary N) is 1. The summed E-state index contributed by atoms with van der Waals surface area (Å²) in [6.07, 6.45) is 2.24. The SMILES string of the molecule is CN(CCO)c1ccc(S(=O)(=O)N2CCC(Nc3nc(N)c(C(=O)c4c(F)cccc4F)s3)CC2)cn1. The van der Waals surface area contributed by atoms with Gasteiger partial charge in [-0.15, -0.1) is 0 Å². The van der Waals surface area contributed by atoms with Crippen molar-refractivity contribution in [2.45, 2.75) is 23.8 Å². The van der Waals surface area contributed by atoms with Crippen LogP contribution in [0.3, 0.4) is 0 Å². The van der Waals surface area contributed by atoms with Crippen LogP contribution in [0.4, 0.5) is 25.5 Å². The molecule has 0 saturated carbocycles. The smallest absolute Gasteiger partial charge is 0.244 e. The third-order valence-electron chi connectivity index (χ3n) is 6.02. The first-order chi connectivity index (χ1) is 17.6. The summed E-state index contributed by atoms with van der Waals surface area (Å²) in [5.41, 5.74) is 5.17. The Morgan fingerprint density at radius 1 is 1.24 bits per heavy atom. The van der Waals surface area contributed by atoms with E-state index in [0.29, 0.717) is 30.3 Å². The lowest BCUT2D eigenvalue weighted by molar-refractivity contribution is 0.103. The zero-order valence-corrected chi connectivity index (χ0v) is 21.5. The second-order valence-corrected chi connectivity index (χ2v) is 11.4. The molecule has 1 fully saturated rings. The highest BCUT2D eigenvalue weighted by Gasteiger charge is 2.31. The number of aromatic nitrogens is 2. The van der Waals surface area contributed by atoms with Crippen LogP contribution in [-0.4, -0.2) is 72.9 Å². The van der Waals surface area contributed by atoms with Gasteiger partial charge in [-0.05, 0) is 37.1 Å². The molecule has 0 unspecified atom stereocenters. The molecule has 14 heteroatoms. The molecule has 1 aromatic carbocycles. The minimum absolute atomic E-state index is 0.0451. The highest BCUT2D eigenvalue weighted by Crippen LogP contribution is 2.31. The number of nitrogens with two attached hydrogens (primary N) is 1. The number of aliphatic hydroxyl groups excluding tert-OH is 1. The fourth-order valence-corrected chi connectivity index (χ4v) is 6.29. The molecule has 1 aliphatic rings. The zero-order chi connectivity index (χ0) is 26.7. The van der Waals surface area contributed by atoms with Crippen molar-refractivity contribution < 1.29 is 27.1 Å². The van der Waals surface area contributed by atoms with Gasteiger partial charge in [-0.2, -0.15) is 4.31 Å². The maximum absolute atomic E-state index is 14.0. The van der Waals surface area contributed by atoms with Crippen molar-refractivity contribution in [2.24, 2.45) is 0 Å². The number of hydrogen-bond donors (Lipinski definition) is 3. The maximum Gasteiger partial charge on any atom is 0.244 e. The molecule has 0 bridgehead atoms. The number of halogens is 2. The molecular formula is C23H26F2N6O4S2. The number of nitrogen functional groups attached to an aromatic ring is 1. The van der Waals surface area contributed by atoms with Crippen LogP contribution in [0, 0.1) is 11.6 Å². The summed E-state index contributed by atoms with van der Waals surface area (Å²) in [6.45, 7) is 0.828. The number of nitrogens with zero attached hydrogens (tertiary/aromatic N) is 4. The number of hydrogen-bond acceptors (Lipinski definition) is 10. The van der Waals surface area contributed by atoms with E-state index in [2.05, 4.69) is 15.3 Å². The van der Waals surface area contributed by atoms with E-state index in [1.54, 1.807) is 18.0 Å². The molecule has 0 aliphatic carbocycles. The number of benzene rings is 1. The Hall–Kier alpha value is -3.20. The van der Waals surface area contributed by atoms with Gasteiger partial charge in [-0.1, -0.05) is 17.4 Å². The third kappa shape index (κ3) is 5.71. The Morgan fingerprint density at radius 3 is 2.51 bits per heavy atom. The second-order valence-electron chi connectivity index (χ2n) is 8.48. The molecule has 1 saturated heterocycles. The van der Waals surface area contributed by atoms with Crippen LogP contribution < -0.4 is 16.0 Å². The van der Waals surface area contributed by atoms with Gasteiger partial charge in [0.05, 0.1) is 12.2 Å². The van der Waals surface area contributed by atoms with Crippen LogP contribution in [0.1, 0.15) is 28.1 Å². The molecule has 4 rings (SSSR count). The normalized spacial score (nSPS) is 15.0. The van der Waals surface area contributed by atoms with Crippen LogP contribution in [0.5, 0.6) is 0 Å². The molecule has 0 spiro atoms.